The van der Waals surface area contributed by atoms with Gasteiger partial charge in [-0.2, -0.15) is 0 Å². The van der Waals surface area contributed by atoms with Crippen molar-refractivity contribution in [2.45, 2.75) is 6.92 Å². The minimum Gasteiger partial charge on any atom is -0.492 e. The molecule has 20 heavy (non-hydrogen) atoms. The maximum absolute atomic E-state index is 11.8. The molecule has 1 heterocycles. The Balaban J connectivity index is 1.76. The molecule has 0 aliphatic heterocycles. The number of amides is 1. The molecule has 1 amide bonds. The molecule has 1 aromatic heterocycles. The van der Waals surface area contributed by atoms with Gasteiger partial charge in [0, 0.05) is 10.7 Å². The fourth-order valence-electron chi connectivity index (χ4n) is 1.62. The summed E-state index contributed by atoms with van der Waals surface area (Å²) in [5.41, 5.74) is 1.23. The Hall–Kier alpha value is -2.07. The lowest BCUT2D eigenvalue weighted by molar-refractivity contribution is 0.0942. The number of nitrogens with one attached hydrogen (secondary N) is 1. The van der Waals surface area contributed by atoms with E-state index in [4.69, 9.17) is 16.3 Å². The van der Waals surface area contributed by atoms with E-state index in [0.29, 0.717) is 23.9 Å². The summed E-state index contributed by atoms with van der Waals surface area (Å²) in [4.78, 5) is 16.0. The van der Waals surface area contributed by atoms with Crippen molar-refractivity contribution in [3.05, 3.63) is 58.9 Å². The third-order valence-electron chi connectivity index (χ3n) is 2.59. The molecule has 0 saturated carbocycles. The maximum Gasteiger partial charge on any atom is 0.270 e. The average molecular weight is 291 g/mol. The molecule has 2 aromatic rings. The third-order valence-corrected chi connectivity index (χ3v) is 2.84. The van der Waals surface area contributed by atoms with Gasteiger partial charge in [0.2, 0.25) is 0 Å². The van der Waals surface area contributed by atoms with Gasteiger partial charge in [-0.15, -0.1) is 0 Å². The van der Waals surface area contributed by atoms with E-state index < -0.39 is 0 Å². The highest BCUT2D eigenvalue weighted by Gasteiger charge is 2.06. The van der Waals surface area contributed by atoms with Gasteiger partial charge in [-0.1, -0.05) is 17.7 Å². The van der Waals surface area contributed by atoms with Crippen LogP contribution in [0.3, 0.4) is 0 Å². The normalized spacial score (nSPS) is 10.1. The van der Waals surface area contributed by atoms with Crippen LogP contribution >= 0.6 is 11.6 Å². The number of carbonyl (C=O) groups excluding carboxylic acids is 1. The predicted molar refractivity (Wildman–Crippen MR) is 78.3 cm³/mol. The molecule has 0 bridgehead atoms. The zero-order valence-electron chi connectivity index (χ0n) is 11.1. The number of pyridine rings is 1. The van der Waals surface area contributed by atoms with Crippen molar-refractivity contribution in [3.63, 3.8) is 0 Å². The van der Waals surface area contributed by atoms with E-state index in [1.54, 1.807) is 30.3 Å². The lowest BCUT2D eigenvalue weighted by Crippen LogP contribution is -2.28. The fraction of sp³-hybridized carbons (Fsp3) is 0.200. The minimum absolute atomic E-state index is 0.201. The van der Waals surface area contributed by atoms with Crippen molar-refractivity contribution in [3.8, 4) is 5.75 Å². The van der Waals surface area contributed by atoms with Gasteiger partial charge in [-0.05, 0) is 43.3 Å². The zero-order valence-corrected chi connectivity index (χ0v) is 11.9. The standard InChI is InChI=1S/C15H15ClN2O2/c1-11-3-2-4-14(18-11)15(19)17-9-10-20-13-7-5-12(16)6-8-13/h2-8H,9-10H2,1H3,(H,17,19). The topological polar surface area (TPSA) is 51.2 Å². The Labute approximate surface area is 122 Å². The van der Waals surface area contributed by atoms with Gasteiger partial charge in [0.1, 0.15) is 18.1 Å². The smallest absolute Gasteiger partial charge is 0.270 e. The van der Waals surface area contributed by atoms with E-state index in [1.165, 1.54) is 0 Å². The molecule has 0 unspecified atom stereocenters. The van der Waals surface area contributed by atoms with Crippen LogP contribution in [0.1, 0.15) is 16.2 Å². The second-order valence-electron chi connectivity index (χ2n) is 4.22. The highest BCUT2D eigenvalue weighted by atomic mass is 35.5. The molecule has 2 rings (SSSR count). The van der Waals surface area contributed by atoms with Crippen molar-refractivity contribution in [2.75, 3.05) is 13.2 Å². The van der Waals surface area contributed by atoms with Crippen LogP contribution in [0.5, 0.6) is 5.75 Å². The largest absolute Gasteiger partial charge is 0.492 e. The molecule has 0 atom stereocenters. The summed E-state index contributed by atoms with van der Waals surface area (Å²) in [5.74, 6) is 0.519. The number of aromatic nitrogens is 1. The first-order chi connectivity index (χ1) is 9.65. The van der Waals surface area contributed by atoms with Gasteiger partial charge < -0.3 is 10.1 Å². The van der Waals surface area contributed by atoms with Crippen molar-refractivity contribution >= 4 is 17.5 Å². The van der Waals surface area contributed by atoms with Crippen molar-refractivity contribution < 1.29 is 9.53 Å². The number of ether oxygens (including phenoxy) is 1. The number of halogens is 1. The van der Waals surface area contributed by atoms with Gasteiger partial charge in [-0.25, -0.2) is 4.98 Å². The molecule has 1 N–H and O–H groups in total. The molecular weight excluding hydrogens is 276 g/mol. The van der Waals surface area contributed by atoms with E-state index in [-0.39, 0.29) is 5.91 Å². The van der Waals surface area contributed by atoms with Gasteiger partial charge in [0.15, 0.2) is 0 Å². The molecule has 0 fully saturated rings. The van der Waals surface area contributed by atoms with Crippen LogP contribution in [-0.2, 0) is 0 Å². The molecule has 0 aliphatic carbocycles. The summed E-state index contributed by atoms with van der Waals surface area (Å²) in [6, 6.07) is 12.4. The lowest BCUT2D eigenvalue weighted by atomic mass is 10.3. The highest BCUT2D eigenvalue weighted by Crippen LogP contribution is 2.15. The Morgan fingerprint density at radius 3 is 2.70 bits per heavy atom. The summed E-state index contributed by atoms with van der Waals surface area (Å²) in [6.07, 6.45) is 0. The van der Waals surface area contributed by atoms with Gasteiger partial charge >= 0.3 is 0 Å². The van der Waals surface area contributed by atoms with Crippen LogP contribution in [0, 0.1) is 6.92 Å². The third kappa shape index (κ3) is 4.24. The molecule has 0 spiro atoms. The molecule has 5 heteroatoms. The predicted octanol–water partition coefficient (Wildman–Crippen LogP) is 2.85. The maximum atomic E-state index is 11.8. The summed E-state index contributed by atoms with van der Waals surface area (Å²) in [7, 11) is 0. The molecule has 0 aliphatic rings. The van der Waals surface area contributed by atoms with Crippen LogP contribution in [-0.4, -0.2) is 24.0 Å². The summed E-state index contributed by atoms with van der Waals surface area (Å²) in [6.45, 7) is 2.65. The van der Waals surface area contributed by atoms with Crippen molar-refractivity contribution in [2.24, 2.45) is 0 Å². The molecule has 0 radical (unpaired) electrons. The second kappa shape index (κ2) is 6.91. The Morgan fingerprint density at radius 1 is 1.25 bits per heavy atom. The SMILES string of the molecule is Cc1cccc(C(=O)NCCOc2ccc(Cl)cc2)n1. The first-order valence-electron chi connectivity index (χ1n) is 6.25. The minimum atomic E-state index is -0.201. The zero-order chi connectivity index (χ0) is 14.4. The van der Waals surface area contributed by atoms with E-state index in [1.807, 2.05) is 19.1 Å². The Kier molecular flexibility index (Phi) is 4.96. The fourth-order valence-corrected chi connectivity index (χ4v) is 1.75. The van der Waals surface area contributed by atoms with Crippen molar-refractivity contribution in [1.82, 2.24) is 10.3 Å². The molecule has 104 valence electrons. The van der Waals surface area contributed by atoms with Gasteiger partial charge in [0.05, 0.1) is 6.54 Å². The molecule has 1 aromatic carbocycles. The van der Waals surface area contributed by atoms with Gasteiger partial charge in [0.25, 0.3) is 5.91 Å². The first kappa shape index (κ1) is 14.3. The highest BCUT2D eigenvalue weighted by molar-refractivity contribution is 6.30. The number of hydrogen-bond acceptors (Lipinski definition) is 3. The number of carbonyl (C=O) groups is 1. The number of hydrogen-bond donors (Lipinski definition) is 1. The number of benzene rings is 1. The Bertz CT molecular complexity index is 585. The number of nitrogens with zero attached hydrogens (tertiary/aromatic N) is 1. The van der Waals surface area contributed by atoms with Crippen LogP contribution in [0.25, 0.3) is 0 Å². The first-order valence-corrected chi connectivity index (χ1v) is 6.63. The molecular formula is C15H15ClN2O2. The van der Waals surface area contributed by atoms with Gasteiger partial charge in [-0.3, -0.25) is 4.79 Å². The summed E-state index contributed by atoms with van der Waals surface area (Å²) >= 11 is 5.78. The van der Waals surface area contributed by atoms with E-state index >= 15 is 0 Å². The second-order valence-corrected chi connectivity index (χ2v) is 4.66. The quantitative estimate of drug-likeness (QED) is 0.862. The van der Waals surface area contributed by atoms with E-state index in [2.05, 4.69) is 10.3 Å². The number of rotatable bonds is 5. The molecule has 4 nitrogen and oxygen atoms in total. The monoisotopic (exact) mass is 290 g/mol. The van der Waals surface area contributed by atoms with Crippen LogP contribution < -0.4 is 10.1 Å². The van der Waals surface area contributed by atoms with Crippen LogP contribution in [0.4, 0.5) is 0 Å². The average Bonchev–Trinajstić information content (AvgIpc) is 2.45. The molecule has 0 saturated heterocycles. The Morgan fingerprint density at radius 2 is 2.00 bits per heavy atom. The summed E-state index contributed by atoms with van der Waals surface area (Å²) < 4.78 is 5.48. The van der Waals surface area contributed by atoms with Crippen molar-refractivity contribution in [1.29, 1.82) is 0 Å². The lowest BCUT2D eigenvalue weighted by Gasteiger charge is -2.07. The van der Waals surface area contributed by atoms with Crippen LogP contribution in [0.15, 0.2) is 42.5 Å². The summed E-state index contributed by atoms with van der Waals surface area (Å²) in [5, 5.41) is 3.42. The van der Waals surface area contributed by atoms with Crippen LogP contribution in [0.2, 0.25) is 5.02 Å². The number of aryl methyl sites for hydroxylation is 1. The van der Waals surface area contributed by atoms with E-state index in [9.17, 15) is 4.79 Å². The van der Waals surface area contributed by atoms with E-state index in [0.717, 1.165) is 11.4 Å².